The molecule has 1 heterocycles. The van der Waals surface area contributed by atoms with Crippen LogP contribution in [0.5, 0.6) is 0 Å². The van der Waals surface area contributed by atoms with Crippen molar-refractivity contribution in [3.05, 3.63) is 70.9 Å². The Bertz CT molecular complexity index is 948. The Labute approximate surface area is 157 Å². The molecule has 2 aromatic carbocycles. The number of fused-ring (bicyclic) bond motifs is 1. The van der Waals surface area contributed by atoms with Crippen LogP contribution in [0.3, 0.4) is 0 Å². The first-order valence-corrected chi connectivity index (χ1v) is 9.00. The lowest BCUT2D eigenvalue weighted by Gasteiger charge is -2.06. The lowest BCUT2D eigenvalue weighted by atomic mass is 10.0. The van der Waals surface area contributed by atoms with Gasteiger partial charge < -0.3 is 21.1 Å². The van der Waals surface area contributed by atoms with Crippen LogP contribution in [-0.2, 0) is 12.8 Å². The van der Waals surface area contributed by atoms with Gasteiger partial charge >= 0.3 is 5.97 Å². The molecular weight excluding hydrogens is 342 g/mol. The number of aryl methyl sites for hydroxylation is 1. The minimum absolute atomic E-state index is 0.167. The smallest absolute Gasteiger partial charge is 0.352 e. The number of hydrogen-bond acceptors (Lipinski definition) is 3. The Hall–Kier alpha value is -3.12. The summed E-state index contributed by atoms with van der Waals surface area (Å²) in [6.45, 7) is 1.01. The molecule has 0 fully saturated rings. The molecule has 6 heteroatoms. The van der Waals surface area contributed by atoms with Crippen molar-refractivity contribution in [2.45, 2.75) is 19.3 Å². The second-order valence-corrected chi connectivity index (χ2v) is 6.43. The highest BCUT2D eigenvalue weighted by Gasteiger charge is 2.18. The fourth-order valence-electron chi connectivity index (χ4n) is 3.18. The predicted octanol–water partition coefficient (Wildman–Crippen LogP) is 2.73. The monoisotopic (exact) mass is 365 g/mol. The van der Waals surface area contributed by atoms with E-state index in [0.29, 0.717) is 42.6 Å². The van der Waals surface area contributed by atoms with Gasteiger partial charge in [0, 0.05) is 23.0 Å². The number of aromatic nitrogens is 1. The number of aromatic amines is 1. The fourth-order valence-corrected chi connectivity index (χ4v) is 3.18. The van der Waals surface area contributed by atoms with Crippen LogP contribution < -0.4 is 11.1 Å². The molecule has 6 nitrogen and oxygen atoms in total. The van der Waals surface area contributed by atoms with Gasteiger partial charge in [0.25, 0.3) is 5.91 Å². The first-order valence-electron chi connectivity index (χ1n) is 9.00. The van der Waals surface area contributed by atoms with E-state index < -0.39 is 5.97 Å². The first-order chi connectivity index (χ1) is 13.1. The predicted molar refractivity (Wildman–Crippen MR) is 105 cm³/mol. The molecule has 3 aromatic rings. The van der Waals surface area contributed by atoms with Crippen molar-refractivity contribution in [1.29, 1.82) is 0 Å². The number of H-pyrrole nitrogens is 1. The van der Waals surface area contributed by atoms with E-state index in [9.17, 15) is 14.7 Å². The van der Waals surface area contributed by atoms with Crippen LogP contribution in [0.1, 0.15) is 38.4 Å². The number of carbonyl (C=O) groups excluding carboxylic acids is 1. The van der Waals surface area contributed by atoms with Gasteiger partial charge in [-0.2, -0.15) is 0 Å². The molecule has 0 aliphatic carbocycles. The maximum atomic E-state index is 12.5. The number of hydrogen-bond donors (Lipinski definition) is 4. The molecule has 5 N–H and O–H groups in total. The Morgan fingerprint density at radius 2 is 1.85 bits per heavy atom. The lowest BCUT2D eigenvalue weighted by Crippen LogP contribution is -2.25. The molecule has 0 unspecified atom stereocenters. The molecule has 0 atom stereocenters. The lowest BCUT2D eigenvalue weighted by molar-refractivity contribution is 0.0690. The molecule has 3 rings (SSSR count). The van der Waals surface area contributed by atoms with Crippen LogP contribution in [0.2, 0.25) is 0 Å². The summed E-state index contributed by atoms with van der Waals surface area (Å²) < 4.78 is 0. The van der Waals surface area contributed by atoms with Crippen molar-refractivity contribution >= 4 is 22.8 Å². The van der Waals surface area contributed by atoms with Crippen LogP contribution in [-0.4, -0.2) is 35.1 Å². The number of benzene rings is 2. The quantitative estimate of drug-likeness (QED) is 0.492. The molecule has 0 radical (unpaired) electrons. The van der Waals surface area contributed by atoms with Crippen LogP contribution in [0.15, 0.2) is 48.5 Å². The third-order valence-electron chi connectivity index (χ3n) is 4.56. The Kier molecular flexibility index (Phi) is 5.88. The summed E-state index contributed by atoms with van der Waals surface area (Å²) in [4.78, 5) is 26.9. The summed E-state index contributed by atoms with van der Waals surface area (Å²) in [6, 6.07) is 15.2. The van der Waals surface area contributed by atoms with Gasteiger partial charge in [0.15, 0.2) is 0 Å². The van der Waals surface area contributed by atoms with E-state index in [1.807, 2.05) is 30.3 Å². The van der Waals surface area contributed by atoms with Crippen molar-refractivity contribution in [1.82, 2.24) is 10.3 Å². The fraction of sp³-hybridized carbons (Fsp3) is 0.238. The zero-order valence-corrected chi connectivity index (χ0v) is 15.0. The number of nitrogens with one attached hydrogen (secondary N) is 2. The minimum atomic E-state index is -1.01. The van der Waals surface area contributed by atoms with Crippen LogP contribution in [0.4, 0.5) is 0 Å². The molecule has 1 amide bonds. The number of carboxylic acids is 1. The normalized spacial score (nSPS) is 10.9. The molecule has 27 heavy (non-hydrogen) atoms. The van der Waals surface area contributed by atoms with E-state index in [-0.39, 0.29) is 11.6 Å². The molecule has 0 aliphatic heterocycles. The van der Waals surface area contributed by atoms with Gasteiger partial charge in [-0.05, 0) is 55.1 Å². The number of carbonyl (C=O) groups is 2. The van der Waals surface area contributed by atoms with Gasteiger partial charge in [-0.1, -0.05) is 30.3 Å². The average molecular weight is 365 g/mol. The number of aromatic carboxylic acids is 1. The molecule has 0 aliphatic rings. The van der Waals surface area contributed by atoms with Gasteiger partial charge in [0.05, 0.1) is 0 Å². The van der Waals surface area contributed by atoms with Crippen LogP contribution in [0, 0.1) is 0 Å². The Morgan fingerprint density at radius 3 is 2.56 bits per heavy atom. The standard InChI is InChI=1S/C21H23N3O3/c22-11-4-7-16-17-13-15(8-9-18(17)24-19(16)21(26)27)20(25)23-12-10-14-5-2-1-3-6-14/h1-3,5-6,8-9,13,24H,4,7,10-12,22H2,(H,23,25)(H,26,27). The molecule has 1 aromatic heterocycles. The van der Waals surface area contributed by atoms with Gasteiger partial charge in [-0.3, -0.25) is 4.79 Å². The van der Waals surface area contributed by atoms with Crippen molar-refractivity contribution < 1.29 is 14.7 Å². The van der Waals surface area contributed by atoms with E-state index >= 15 is 0 Å². The maximum absolute atomic E-state index is 12.5. The summed E-state index contributed by atoms with van der Waals surface area (Å²) in [6.07, 6.45) is 1.99. The highest BCUT2D eigenvalue weighted by atomic mass is 16.4. The van der Waals surface area contributed by atoms with Crippen molar-refractivity contribution in [2.24, 2.45) is 5.73 Å². The van der Waals surface area contributed by atoms with Gasteiger partial charge in [0.1, 0.15) is 5.69 Å². The summed E-state index contributed by atoms with van der Waals surface area (Å²) >= 11 is 0. The molecule has 0 saturated carbocycles. The minimum Gasteiger partial charge on any atom is -0.477 e. The number of amides is 1. The highest BCUT2D eigenvalue weighted by molar-refractivity contribution is 6.02. The Balaban J connectivity index is 1.78. The maximum Gasteiger partial charge on any atom is 0.352 e. The average Bonchev–Trinajstić information content (AvgIpc) is 3.05. The molecule has 0 spiro atoms. The largest absolute Gasteiger partial charge is 0.477 e. The molecule has 140 valence electrons. The van der Waals surface area contributed by atoms with E-state index in [2.05, 4.69) is 10.3 Å². The van der Waals surface area contributed by atoms with Crippen LogP contribution >= 0.6 is 0 Å². The van der Waals surface area contributed by atoms with Gasteiger partial charge in [-0.15, -0.1) is 0 Å². The van der Waals surface area contributed by atoms with Gasteiger partial charge in [0.2, 0.25) is 0 Å². The van der Waals surface area contributed by atoms with E-state index in [0.717, 1.165) is 17.4 Å². The van der Waals surface area contributed by atoms with Crippen molar-refractivity contribution in [2.75, 3.05) is 13.1 Å². The number of nitrogens with two attached hydrogens (primary N) is 1. The molecular formula is C21H23N3O3. The molecule has 0 bridgehead atoms. The van der Waals surface area contributed by atoms with E-state index in [4.69, 9.17) is 5.73 Å². The van der Waals surface area contributed by atoms with E-state index in [1.165, 1.54) is 0 Å². The Morgan fingerprint density at radius 1 is 1.07 bits per heavy atom. The zero-order chi connectivity index (χ0) is 19.2. The molecule has 0 saturated heterocycles. The van der Waals surface area contributed by atoms with Crippen molar-refractivity contribution in [3.63, 3.8) is 0 Å². The zero-order valence-electron chi connectivity index (χ0n) is 15.0. The summed E-state index contributed by atoms with van der Waals surface area (Å²) in [5, 5.41) is 13.1. The number of rotatable bonds is 8. The van der Waals surface area contributed by atoms with Gasteiger partial charge in [-0.25, -0.2) is 4.79 Å². The summed E-state index contributed by atoms with van der Waals surface area (Å²) in [7, 11) is 0. The first kappa shape index (κ1) is 18.7. The third kappa shape index (κ3) is 4.35. The summed E-state index contributed by atoms with van der Waals surface area (Å²) in [5.41, 5.74) is 8.82. The van der Waals surface area contributed by atoms with Crippen LogP contribution in [0.25, 0.3) is 10.9 Å². The second kappa shape index (κ2) is 8.51. The SMILES string of the molecule is NCCCc1c(C(=O)O)[nH]c2ccc(C(=O)NCCc3ccccc3)cc12. The van der Waals surface area contributed by atoms with E-state index in [1.54, 1.807) is 18.2 Å². The number of carboxylic acid groups (broad SMARTS) is 1. The topological polar surface area (TPSA) is 108 Å². The summed E-state index contributed by atoms with van der Waals surface area (Å²) in [5.74, 6) is -1.18. The highest BCUT2D eigenvalue weighted by Crippen LogP contribution is 2.25. The second-order valence-electron chi connectivity index (χ2n) is 6.43. The third-order valence-corrected chi connectivity index (χ3v) is 4.56. The van der Waals surface area contributed by atoms with Crippen molar-refractivity contribution in [3.8, 4) is 0 Å².